The van der Waals surface area contributed by atoms with E-state index in [1.54, 1.807) is 6.92 Å². The molecule has 2 aromatic rings. The van der Waals surface area contributed by atoms with Gasteiger partial charge in [-0.05, 0) is 18.2 Å². The van der Waals surface area contributed by atoms with E-state index in [1.807, 2.05) is 0 Å². The quantitative estimate of drug-likeness (QED) is 0.861. The molecule has 94 valence electrons. The van der Waals surface area contributed by atoms with Crippen LogP contribution in [0.3, 0.4) is 0 Å². The van der Waals surface area contributed by atoms with Crippen molar-refractivity contribution in [2.24, 2.45) is 0 Å². The second kappa shape index (κ2) is 4.82. The van der Waals surface area contributed by atoms with Gasteiger partial charge in [0.25, 0.3) is 0 Å². The van der Waals surface area contributed by atoms with E-state index in [0.717, 1.165) is 6.07 Å². The molecule has 2 N–H and O–H groups in total. The Balaban J connectivity index is 2.16. The zero-order valence-corrected chi connectivity index (χ0v) is 9.48. The number of rotatable bonds is 4. The third-order valence-corrected chi connectivity index (χ3v) is 2.22. The average Bonchev–Trinajstić information content (AvgIpc) is 2.73. The summed E-state index contributed by atoms with van der Waals surface area (Å²) in [4.78, 5) is 14.9. The molecule has 0 amide bonds. The SMILES string of the molecule is Cc1nc(CNc2ccc(F)cc2C(=O)O)no1. The number of nitrogens with one attached hydrogen (secondary N) is 1. The number of hydrogen-bond donors (Lipinski definition) is 2. The molecule has 0 radical (unpaired) electrons. The Morgan fingerprint density at radius 2 is 2.33 bits per heavy atom. The highest BCUT2D eigenvalue weighted by Gasteiger charge is 2.12. The van der Waals surface area contributed by atoms with Crippen molar-refractivity contribution in [3.8, 4) is 0 Å². The van der Waals surface area contributed by atoms with Crippen molar-refractivity contribution in [1.82, 2.24) is 10.1 Å². The molecule has 0 atom stereocenters. The van der Waals surface area contributed by atoms with Crippen molar-refractivity contribution in [1.29, 1.82) is 0 Å². The van der Waals surface area contributed by atoms with Crippen molar-refractivity contribution in [3.05, 3.63) is 41.3 Å². The number of aromatic nitrogens is 2. The molecule has 1 aromatic carbocycles. The van der Waals surface area contributed by atoms with E-state index in [2.05, 4.69) is 15.5 Å². The highest BCUT2D eigenvalue weighted by molar-refractivity contribution is 5.94. The lowest BCUT2D eigenvalue weighted by molar-refractivity contribution is 0.0697. The van der Waals surface area contributed by atoms with Crippen LogP contribution in [-0.4, -0.2) is 21.2 Å². The van der Waals surface area contributed by atoms with Crippen molar-refractivity contribution in [3.63, 3.8) is 0 Å². The maximum Gasteiger partial charge on any atom is 0.337 e. The van der Waals surface area contributed by atoms with Gasteiger partial charge in [-0.1, -0.05) is 5.16 Å². The molecule has 2 rings (SSSR count). The molecular formula is C11H10FN3O3. The van der Waals surface area contributed by atoms with Crippen LogP contribution < -0.4 is 5.32 Å². The summed E-state index contributed by atoms with van der Waals surface area (Å²) in [5, 5.41) is 15.4. The third-order valence-electron chi connectivity index (χ3n) is 2.22. The number of anilines is 1. The van der Waals surface area contributed by atoms with Gasteiger partial charge < -0.3 is 14.9 Å². The fourth-order valence-corrected chi connectivity index (χ4v) is 1.43. The van der Waals surface area contributed by atoms with Crippen LogP contribution in [0, 0.1) is 12.7 Å². The summed E-state index contributed by atoms with van der Waals surface area (Å²) in [6.07, 6.45) is 0. The minimum Gasteiger partial charge on any atom is -0.478 e. The van der Waals surface area contributed by atoms with Crippen LogP contribution in [-0.2, 0) is 6.54 Å². The molecule has 7 heteroatoms. The zero-order valence-electron chi connectivity index (χ0n) is 9.48. The van der Waals surface area contributed by atoms with Crippen molar-refractivity contribution in [2.45, 2.75) is 13.5 Å². The van der Waals surface area contributed by atoms with Crippen LogP contribution in [0.25, 0.3) is 0 Å². The first-order chi connectivity index (χ1) is 8.56. The van der Waals surface area contributed by atoms with Gasteiger partial charge in [-0.2, -0.15) is 4.98 Å². The molecule has 0 saturated heterocycles. The summed E-state index contributed by atoms with van der Waals surface area (Å²) in [5.41, 5.74) is 0.154. The number of aromatic carboxylic acids is 1. The Morgan fingerprint density at radius 1 is 1.56 bits per heavy atom. The zero-order chi connectivity index (χ0) is 13.1. The molecule has 0 spiro atoms. The standard InChI is InChI=1S/C11H10FN3O3/c1-6-14-10(15-18-6)5-13-9-3-2-7(12)4-8(9)11(16)17/h2-4,13H,5H2,1H3,(H,16,17). The predicted molar refractivity (Wildman–Crippen MR) is 59.7 cm³/mol. The number of carboxylic acids is 1. The summed E-state index contributed by atoms with van der Waals surface area (Å²) in [5.74, 6) is -0.993. The summed E-state index contributed by atoms with van der Waals surface area (Å²) in [7, 11) is 0. The number of aryl methyl sites for hydroxylation is 1. The van der Waals surface area contributed by atoms with Crippen molar-refractivity contribution in [2.75, 3.05) is 5.32 Å². The van der Waals surface area contributed by atoms with Crippen LogP contribution >= 0.6 is 0 Å². The molecule has 0 unspecified atom stereocenters. The molecule has 18 heavy (non-hydrogen) atoms. The third kappa shape index (κ3) is 2.62. The fourth-order valence-electron chi connectivity index (χ4n) is 1.43. The Bertz CT molecular complexity index is 583. The smallest absolute Gasteiger partial charge is 0.337 e. The van der Waals surface area contributed by atoms with Gasteiger partial charge in [-0.3, -0.25) is 0 Å². The number of hydrogen-bond acceptors (Lipinski definition) is 5. The van der Waals surface area contributed by atoms with Crippen molar-refractivity contribution >= 4 is 11.7 Å². The number of nitrogens with zero attached hydrogens (tertiary/aromatic N) is 2. The van der Waals surface area contributed by atoms with Gasteiger partial charge in [0.15, 0.2) is 5.82 Å². The van der Waals surface area contributed by atoms with Gasteiger partial charge in [-0.25, -0.2) is 9.18 Å². The Kier molecular flexibility index (Phi) is 3.22. The van der Waals surface area contributed by atoms with E-state index in [0.29, 0.717) is 17.4 Å². The van der Waals surface area contributed by atoms with Crippen molar-refractivity contribution < 1.29 is 18.8 Å². The highest BCUT2D eigenvalue weighted by Crippen LogP contribution is 2.17. The molecule has 1 heterocycles. The lowest BCUT2D eigenvalue weighted by Gasteiger charge is -2.07. The second-order valence-electron chi connectivity index (χ2n) is 3.58. The van der Waals surface area contributed by atoms with E-state index < -0.39 is 11.8 Å². The summed E-state index contributed by atoms with van der Waals surface area (Å²) < 4.78 is 17.7. The van der Waals surface area contributed by atoms with Gasteiger partial charge in [0.1, 0.15) is 5.82 Å². The molecular weight excluding hydrogens is 241 g/mol. The van der Waals surface area contributed by atoms with E-state index in [-0.39, 0.29) is 12.1 Å². The van der Waals surface area contributed by atoms with E-state index >= 15 is 0 Å². The van der Waals surface area contributed by atoms with E-state index in [1.165, 1.54) is 12.1 Å². The second-order valence-corrected chi connectivity index (χ2v) is 3.58. The van der Waals surface area contributed by atoms with Gasteiger partial charge in [0, 0.05) is 12.6 Å². The predicted octanol–water partition coefficient (Wildman–Crippen LogP) is 1.83. The first-order valence-corrected chi connectivity index (χ1v) is 5.12. The van der Waals surface area contributed by atoms with Gasteiger partial charge in [-0.15, -0.1) is 0 Å². The van der Waals surface area contributed by atoms with E-state index in [4.69, 9.17) is 9.63 Å². The molecule has 6 nitrogen and oxygen atoms in total. The lowest BCUT2D eigenvalue weighted by Crippen LogP contribution is -2.07. The van der Waals surface area contributed by atoms with Crippen LogP contribution in [0.2, 0.25) is 0 Å². The lowest BCUT2D eigenvalue weighted by atomic mass is 10.1. The monoisotopic (exact) mass is 251 g/mol. The highest BCUT2D eigenvalue weighted by atomic mass is 19.1. The van der Waals surface area contributed by atoms with Crippen LogP contribution in [0.5, 0.6) is 0 Å². The Labute approximate surface area is 101 Å². The first-order valence-electron chi connectivity index (χ1n) is 5.12. The first kappa shape index (κ1) is 12.0. The Morgan fingerprint density at radius 3 is 2.94 bits per heavy atom. The molecule has 0 aliphatic heterocycles. The van der Waals surface area contributed by atoms with E-state index in [9.17, 15) is 9.18 Å². The molecule has 0 bridgehead atoms. The van der Waals surface area contributed by atoms with Crippen LogP contribution in [0.4, 0.5) is 10.1 Å². The van der Waals surface area contributed by atoms with Crippen LogP contribution in [0.15, 0.2) is 22.7 Å². The number of carbonyl (C=O) groups is 1. The number of halogens is 1. The maximum absolute atomic E-state index is 12.9. The number of benzene rings is 1. The number of carboxylic acid groups (broad SMARTS) is 1. The molecule has 0 aliphatic rings. The van der Waals surface area contributed by atoms with Gasteiger partial charge in [0.05, 0.1) is 12.1 Å². The summed E-state index contributed by atoms with van der Waals surface area (Å²) >= 11 is 0. The minimum atomic E-state index is -1.21. The minimum absolute atomic E-state index is 0.143. The largest absolute Gasteiger partial charge is 0.478 e. The molecule has 0 saturated carbocycles. The fraction of sp³-hybridized carbons (Fsp3) is 0.182. The summed E-state index contributed by atoms with van der Waals surface area (Å²) in [6, 6.07) is 3.48. The average molecular weight is 251 g/mol. The maximum atomic E-state index is 12.9. The topological polar surface area (TPSA) is 88.2 Å². The molecule has 1 aromatic heterocycles. The molecule has 0 fully saturated rings. The summed E-state index contributed by atoms with van der Waals surface area (Å²) in [6.45, 7) is 1.85. The van der Waals surface area contributed by atoms with Crippen LogP contribution in [0.1, 0.15) is 22.1 Å². The van der Waals surface area contributed by atoms with Gasteiger partial charge >= 0.3 is 5.97 Å². The molecule has 0 aliphatic carbocycles. The van der Waals surface area contributed by atoms with Gasteiger partial charge in [0.2, 0.25) is 5.89 Å². The normalized spacial score (nSPS) is 10.3. The Hall–Kier alpha value is -2.44.